The van der Waals surface area contributed by atoms with Gasteiger partial charge in [0, 0.05) is 23.9 Å². The van der Waals surface area contributed by atoms with Crippen molar-refractivity contribution in [2.24, 2.45) is 0 Å². The highest BCUT2D eigenvalue weighted by atomic mass is 19.1. The molecule has 0 radical (unpaired) electrons. The molecule has 1 aliphatic rings. The van der Waals surface area contributed by atoms with Crippen LogP contribution in [0.2, 0.25) is 0 Å². The maximum absolute atomic E-state index is 14.8. The van der Waals surface area contributed by atoms with E-state index in [-0.39, 0.29) is 5.91 Å². The van der Waals surface area contributed by atoms with Gasteiger partial charge in [0.05, 0.1) is 23.6 Å². The minimum atomic E-state index is -1.15. The van der Waals surface area contributed by atoms with Crippen LogP contribution in [-0.2, 0) is 6.42 Å². The standard InChI is InChI=1S/C28H34FN5O/c1-5-20-15-23(31-13-12-27(29,6-2)7-3)25-32-16-24(34(25)17-20)21-8-9-22(19(4)14-21)26(35)33-28(18-30)10-11-28/h8-9,14-17,31H,5-7,10-13H2,1-4H3,(H,33,35). The Morgan fingerprint density at radius 2 is 2.00 bits per heavy atom. The number of rotatable bonds is 10. The first-order valence-corrected chi connectivity index (χ1v) is 12.5. The van der Waals surface area contributed by atoms with E-state index < -0.39 is 11.2 Å². The zero-order chi connectivity index (χ0) is 25.2. The van der Waals surface area contributed by atoms with Crippen LogP contribution in [-0.4, -0.2) is 33.0 Å². The number of fused-ring (bicyclic) bond motifs is 1. The van der Waals surface area contributed by atoms with E-state index in [0.717, 1.165) is 40.1 Å². The number of halogens is 1. The lowest BCUT2D eigenvalue weighted by Gasteiger charge is -2.22. The number of benzene rings is 1. The van der Waals surface area contributed by atoms with Crippen molar-refractivity contribution in [3.8, 4) is 17.3 Å². The van der Waals surface area contributed by atoms with Crippen molar-refractivity contribution < 1.29 is 9.18 Å². The molecule has 0 aliphatic heterocycles. The Balaban J connectivity index is 1.61. The number of hydrogen-bond acceptors (Lipinski definition) is 4. The second-order valence-corrected chi connectivity index (χ2v) is 9.67. The van der Waals surface area contributed by atoms with Gasteiger partial charge in [-0.25, -0.2) is 9.37 Å². The van der Waals surface area contributed by atoms with Crippen LogP contribution in [0.1, 0.15) is 74.4 Å². The Morgan fingerprint density at radius 1 is 1.26 bits per heavy atom. The average Bonchev–Trinajstić information content (AvgIpc) is 3.51. The number of carbonyl (C=O) groups excluding carboxylic acids is 1. The number of imidazole rings is 1. The highest BCUT2D eigenvalue weighted by Crippen LogP contribution is 2.35. The van der Waals surface area contributed by atoms with E-state index >= 15 is 0 Å². The highest BCUT2D eigenvalue weighted by Gasteiger charge is 2.44. The topological polar surface area (TPSA) is 82.2 Å². The average molecular weight is 476 g/mol. The minimum absolute atomic E-state index is 0.214. The van der Waals surface area contributed by atoms with Crippen LogP contribution in [0.5, 0.6) is 0 Å². The lowest BCUT2D eigenvalue weighted by Crippen LogP contribution is -2.35. The monoisotopic (exact) mass is 475 g/mol. The number of aromatic nitrogens is 2. The number of amides is 1. The third-order valence-electron chi connectivity index (χ3n) is 7.31. The lowest BCUT2D eigenvalue weighted by molar-refractivity contribution is 0.0941. The zero-order valence-corrected chi connectivity index (χ0v) is 21.0. The predicted octanol–water partition coefficient (Wildman–Crippen LogP) is 5.99. The fourth-order valence-corrected chi connectivity index (χ4v) is 4.46. The van der Waals surface area contributed by atoms with Gasteiger partial charge in [0.2, 0.25) is 0 Å². The summed E-state index contributed by atoms with van der Waals surface area (Å²) in [5, 5.41) is 15.6. The van der Waals surface area contributed by atoms with E-state index in [1.54, 1.807) is 0 Å². The van der Waals surface area contributed by atoms with E-state index in [4.69, 9.17) is 0 Å². The van der Waals surface area contributed by atoms with Crippen molar-refractivity contribution >= 4 is 17.2 Å². The number of nitriles is 1. The van der Waals surface area contributed by atoms with Gasteiger partial charge < -0.3 is 10.6 Å². The van der Waals surface area contributed by atoms with Crippen molar-refractivity contribution in [1.29, 1.82) is 5.26 Å². The van der Waals surface area contributed by atoms with Crippen LogP contribution in [0, 0.1) is 18.3 Å². The third kappa shape index (κ3) is 5.02. The third-order valence-corrected chi connectivity index (χ3v) is 7.31. The molecule has 2 heterocycles. The molecular formula is C28H34FN5O. The van der Waals surface area contributed by atoms with Gasteiger partial charge in [-0.15, -0.1) is 0 Å². The predicted molar refractivity (Wildman–Crippen MR) is 137 cm³/mol. The van der Waals surface area contributed by atoms with Gasteiger partial charge in [0.1, 0.15) is 11.2 Å². The number of carbonyl (C=O) groups is 1. The van der Waals surface area contributed by atoms with Gasteiger partial charge in [0.15, 0.2) is 5.65 Å². The second kappa shape index (κ2) is 9.69. The van der Waals surface area contributed by atoms with Crippen LogP contribution < -0.4 is 10.6 Å². The van der Waals surface area contributed by atoms with E-state index in [9.17, 15) is 14.4 Å². The van der Waals surface area contributed by atoms with Crippen molar-refractivity contribution in [3.05, 3.63) is 53.3 Å². The van der Waals surface area contributed by atoms with Crippen molar-refractivity contribution in [3.63, 3.8) is 0 Å². The molecule has 1 aromatic carbocycles. The van der Waals surface area contributed by atoms with Gasteiger partial charge in [-0.1, -0.05) is 26.8 Å². The van der Waals surface area contributed by atoms with Gasteiger partial charge in [-0.05, 0) is 74.8 Å². The van der Waals surface area contributed by atoms with E-state index in [1.807, 2.05) is 45.2 Å². The summed E-state index contributed by atoms with van der Waals surface area (Å²) < 4.78 is 16.8. The molecule has 1 fully saturated rings. The smallest absolute Gasteiger partial charge is 0.252 e. The molecule has 7 heteroatoms. The number of nitrogens with zero attached hydrogens (tertiary/aromatic N) is 3. The van der Waals surface area contributed by atoms with Crippen molar-refractivity contribution in [2.75, 3.05) is 11.9 Å². The molecule has 3 aromatic rings. The summed E-state index contributed by atoms with van der Waals surface area (Å²) >= 11 is 0. The van der Waals surface area contributed by atoms with Gasteiger partial charge in [-0.2, -0.15) is 5.26 Å². The normalized spacial score (nSPS) is 14.5. The largest absolute Gasteiger partial charge is 0.382 e. The molecule has 0 bridgehead atoms. The summed E-state index contributed by atoms with van der Waals surface area (Å²) in [7, 11) is 0. The Labute approximate surface area is 206 Å². The summed E-state index contributed by atoms with van der Waals surface area (Å²) in [4.78, 5) is 17.4. The summed E-state index contributed by atoms with van der Waals surface area (Å²) in [6, 6.07) is 10.0. The van der Waals surface area contributed by atoms with Crippen LogP contribution in [0.4, 0.5) is 10.1 Å². The van der Waals surface area contributed by atoms with Crippen molar-refractivity contribution in [1.82, 2.24) is 14.7 Å². The molecule has 2 N–H and O–H groups in total. The Bertz CT molecular complexity index is 1280. The lowest BCUT2D eigenvalue weighted by atomic mass is 9.95. The molecule has 1 saturated carbocycles. The van der Waals surface area contributed by atoms with Crippen LogP contribution in [0.25, 0.3) is 16.9 Å². The number of hydrogen-bond donors (Lipinski definition) is 2. The number of pyridine rings is 1. The van der Waals surface area contributed by atoms with Crippen LogP contribution in [0.3, 0.4) is 0 Å². The highest BCUT2D eigenvalue weighted by molar-refractivity contribution is 5.97. The number of anilines is 1. The first-order chi connectivity index (χ1) is 16.8. The van der Waals surface area contributed by atoms with Gasteiger partial charge in [0.25, 0.3) is 5.91 Å². The molecule has 1 amide bonds. The maximum Gasteiger partial charge on any atom is 0.252 e. The Hall–Kier alpha value is -3.40. The summed E-state index contributed by atoms with van der Waals surface area (Å²) in [6.45, 7) is 8.34. The number of alkyl halides is 1. The molecule has 35 heavy (non-hydrogen) atoms. The van der Waals surface area contributed by atoms with Crippen LogP contribution >= 0.6 is 0 Å². The number of nitrogens with one attached hydrogen (secondary N) is 2. The molecule has 0 saturated heterocycles. The molecule has 1 aliphatic carbocycles. The van der Waals surface area contributed by atoms with Gasteiger partial charge >= 0.3 is 0 Å². The molecule has 184 valence electrons. The van der Waals surface area contributed by atoms with Crippen molar-refractivity contribution in [2.45, 2.75) is 77.4 Å². The Morgan fingerprint density at radius 3 is 2.60 bits per heavy atom. The molecule has 0 atom stereocenters. The van der Waals surface area contributed by atoms with Gasteiger partial charge in [-0.3, -0.25) is 9.20 Å². The zero-order valence-electron chi connectivity index (χ0n) is 21.0. The first kappa shape index (κ1) is 24.7. The number of aryl methyl sites for hydroxylation is 2. The first-order valence-electron chi connectivity index (χ1n) is 12.5. The van der Waals surface area contributed by atoms with E-state index in [1.165, 1.54) is 0 Å². The summed E-state index contributed by atoms with van der Waals surface area (Å²) in [6.07, 6.45) is 7.65. The summed E-state index contributed by atoms with van der Waals surface area (Å²) in [5.74, 6) is -0.214. The second-order valence-electron chi connectivity index (χ2n) is 9.67. The molecule has 4 rings (SSSR count). The SMILES string of the molecule is CCc1cc(NCCC(F)(CC)CC)c2ncc(-c3ccc(C(=O)NC4(C#N)CC4)c(C)c3)n2c1. The van der Waals surface area contributed by atoms with Crippen LogP contribution in [0.15, 0.2) is 36.7 Å². The minimum Gasteiger partial charge on any atom is -0.382 e. The molecule has 6 nitrogen and oxygen atoms in total. The molecule has 0 unspecified atom stereocenters. The maximum atomic E-state index is 14.8. The molecular weight excluding hydrogens is 441 g/mol. The Kier molecular flexibility index (Phi) is 6.84. The fourth-order valence-electron chi connectivity index (χ4n) is 4.46. The quantitative estimate of drug-likeness (QED) is 0.377. The molecule has 2 aromatic heterocycles. The fraction of sp³-hybridized carbons (Fsp3) is 0.464. The van der Waals surface area contributed by atoms with E-state index in [0.29, 0.717) is 44.2 Å². The van der Waals surface area contributed by atoms with E-state index in [2.05, 4.69) is 45.3 Å². The molecule has 0 spiro atoms. The summed E-state index contributed by atoms with van der Waals surface area (Å²) in [5.41, 5.74) is 4.27.